The molecule has 0 aliphatic heterocycles. The summed E-state index contributed by atoms with van der Waals surface area (Å²) < 4.78 is 38.3. The van der Waals surface area contributed by atoms with Gasteiger partial charge in [0.25, 0.3) is 0 Å². The molecule has 0 saturated carbocycles. The van der Waals surface area contributed by atoms with Gasteiger partial charge in [0.1, 0.15) is 0 Å². The smallest absolute Gasteiger partial charge is 0.166 e. The molecule has 0 bridgehead atoms. The number of benzene rings is 2. The Balaban J connectivity index is 2.56. The molecule has 0 unspecified atom stereocenters. The zero-order valence-electron chi connectivity index (χ0n) is 8.55. The Hall–Kier alpha value is -1.48. The SMILES string of the molecule is FC(F)(F)c1ccc[c]c1-c1ccc(Cl)cc1. The summed E-state index contributed by atoms with van der Waals surface area (Å²) in [5.41, 5.74) is -0.207. The first kappa shape index (κ1) is 12.0. The van der Waals surface area contributed by atoms with Gasteiger partial charge in [0.2, 0.25) is 0 Å². The second-order valence-electron chi connectivity index (χ2n) is 3.46. The Morgan fingerprint density at radius 1 is 1.00 bits per heavy atom. The minimum atomic E-state index is -4.38. The molecule has 0 aromatic heterocycles. The predicted octanol–water partition coefficient (Wildman–Crippen LogP) is 4.83. The first-order valence-corrected chi connectivity index (χ1v) is 5.20. The molecule has 0 spiro atoms. The minimum Gasteiger partial charge on any atom is -0.166 e. The van der Waals surface area contributed by atoms with Crippen molar-refractivity contribution in [2.24, 2.45) is 0 Å². The van der Waals surface area contributed by atoms with Crippen LogP contribution in [0.25, 0.3) is 11.1 Å². The zero-order valence-corrected chi connectivity index (χ0v) is 9.31. The summed E-state index contributed by atoms with van der Waals surface area (Å²) in [6.07, 6.45) is -4.38. The number of alkyl halides is 3. The van der Waals surface area contributed by atoms with Gasteiger partial charge in [0.15, 0.2) is 0 Å². The molecule has 2 rings (SSSR count). The van der Waals surface area contributed by atoms with E-state index in [0.29, 0.717) is 10.6 Å². The van der Waals surface area contributed by atoms with Crippen molar-refractivity contribution < 1.29 is 13.2 Å². The Morgan fingerprint density at radius 3 is 2.24 bits per heavy atom. The second kappa shape index (κ2) is 4.41. The van der Waals surface area contributed by atoms with E-state index in [0.717, 1.165) is 6.07 Å². The van der Waals surface area contributed by atoms with Gasteiger partial charge < -0.3 is 0 Å². The van der Waals surface area contributed by atoms with Crippen molar-refractivity contribution in [2.75, 3.05) is 0 Å². The van der Waals surface area contributed by atoms with E-state index in [9.17, 15) is 13.2 Å². The Bertz CT molecular complexity index is 515. The molecule has 0 aliphatic rings. The number of hydrogen-bond donors (Lipinski definition) is 0. The summed E-state index contributed by atoms with van der Waals surface area (Å²) in [5, 5.41) is 0.484. The highest BCUT2D eigenvalue weighted by Crippen LogP contribution is 2.36. The molecule has 17 heavy (non-hydrogen) atoms. The van der Waals surface area contributed by atoms with Crippen molar-refractivity contribution in [3.05, 3.63) is 59.1 Å². The molecule has 0 atom stereocenters. The summed E-state index contributed by atoms with van der Waals surface area (Å²) in [4.78, 5) is 0. The second-order valence-corrected chi connectivity index (χ2v) is 3.90. The minimum absolute atomic E-state index is 0.0386. The van der Waals surface area contributed by atoms with Crippen LogP contribution in [0.4, 0.5) is 13.2 Å². The van der Waals surface area contributed by atoms with Crippen molar-refractivity contribution in [2.45, 2.75) is 6.18 Å². The van der Waals surface area contributed by atoms with Crippen molar-refractivity contribution in [1.82, 2.24) is 0 Å². The third kappa shape index (κ3) is 2.61. The monoisotopic (exact) mass is 255 g/mol. The zero-order chi connectivity index (χ0) is 12.5. The number of rotatable bonds is 1. The van der Waals surface area contributed by atoms with Crippen molar-refractivity contribution in [3.63, 3.8) is 0 Å². The van der Waals surface area contributed by atoms with E-state index in [-0.39, 0.29) is 5.56 Å². The molecule has 0 fully saturated rings. The third-order valence-corrected chi connectivity index (χ3v) is 2.55. The van der Waals surface area contributed by atoms with Gasteiger partial charge in [-0.05, 0) is 29.8 Å². The Morgan fingerprint density at radius 2 is 1.65 bits per heavy atom. The highest BCUT2D eigenvalue weighted by atomic mass is 35.5. The van der Waals surface area contributed by atoms with E-state index in [4.69, 9.17) is 11.6 Å². The van der Waals surface area contributed by atoms with Crippen molar-refractivity contribution >= 4 is 11.6 Å². The summed E-state index contributed by atoms with van der Waals surface area (Å²) in [5.74, 6) is 0. The molecule has 0 aliphatic carbocycles. The Labute approximate surface area is 102 Å². The molecule has 0 heterocycles. The van der Waals surface area contributed by atoms with Crippen LogP contribution in [-0.2, 0) is 6.18 Å². The van der Waals surface area contributed by atoms with Crippen LogP contribution in [-0.4, -0.2) is 0 Å². The fourth-order valence-electron chi connectivity index (χ4n) is 1.53. The summed E-state index contributed by atoms with van der Waals surface area (Å²) in [7, 11) is 0. The van der Waals surface area contributed by atoms with Gasteiger partial charge in [-0.1, -0.05) is 35.9 Å². The van der Waals surface area contributed by atoms with Gasteiger partial charge in [-0.3, -0.25) is 0 Å². The lowest BCUT2D eigenvalue weighted by Gasteiger charge is -2.12. The van der Waals surface area contributed by atoms with E-state index < -0.39 is 11.7 Å². The van der Waals surface area contributed by atoms with E-state index in [2.05, 4.69) is 6.07 Å². The van der Waals surface area contributed by atoms with Crippen LogP contribution in [0.5, 0.6) is 0 Å². The number of hydrogen-bond acceptors (Lipinski definition) is 0. The molecule has 0 saturated heterocycles. The lowest BCUT2D eigenvalue weighted by Crippen LogP contribution is -2.06. The van der Waals surface area contributed by atoms with Crippen LogP contribution < -0.4 is 0 Å². The summed E-state index contributed by atoms with van der Waals surface area (Å²) >= 11 is 5.70. The van der Waals surface area contributed by atoms with Gasteiger partial charge >= 0.3 is 6.18 Å². The highest BCUT2D eigenvalue weighted by Gasteiger charge is 2.33. The molecule has 4 heteroatoms. The molecular weight excluding hydrogens is 249 g/mol. The van der Waals surface area contributed by atoms with E-state index in [1.165, 1.54) is 12.1 Å². The van der Waals surface area contributed by atoms with Crippen LogP contribution in [0, 0.1) is 6.07 Å². The van der Waals surface area contributed by atoms with Crippen LogP contribution in [0.15, 0.2) is 42.5 Å². The van der Waals surface area contributed by atoms with Crippen LogP contribution in [0.2, 0.25) is 5.02 Å². The van der Waals surface area contributed by atoms with E-state index in [1.54, 1.807) is 24.3 Å². The fraction of sp³-hybridized carbons (Fsp3) is 0.0769. The molecule has 0 N–H and O–H groups in total. The van der Waals surface area contributed by atoms with Crippen LogP contribution >= 0.6 is 11.6 Å². The maximum absolute atomic E-state index is 12.8. The average Bonchev–Trinajstić information content (AvgIpc) is 2.29. The fourth-order valence-corrected chi connectivity index (χ4v) is 1.65. The van der Waals surface area contributed by atoms with Gasteiger partial charge in [-0.15, -0.1) is 0 Å². The molecule has 87 valence electrons. The topological polar surface area (TPSA) is 0 Å². The number of halogens is 4. The van der Waals surface area contributed by atoms with Crippen molar-refractivity contribution in [3.8, 4) is 11.1 Å². The lowest BCUT2D eigenvalue weighted by atomic mass is 9.99. The quantitative estimate of drug-likeness (QED) is 0.685. The van der Waals surface area contributed by atoms with Crippen LogP contribution in [0.3, 0.4) is 0 Å². The lowest BCUT2D eigenvalue weighted by molar-refractivity contribution is -0.137. The van der Waals surface area contributed by atoms with E-state index in [1.807, 2.05) is 0 Å². The average molecular weight is 256 g/mol. The largest absolute Gasteiger partial charge is 0.417 e. The third-order valence-electron chi connectivity index (χ3n) is 2.29. The normalized spacial score (nSPS) is 11.5. The first-order valence-electron chi connectivity index (χ1n) is 4.82. The van der Waals surface area contributed by atoms with Gasteiger partial charge in [-0.2, -0.15) is 13.2 Å². The first-order chi connectivity index (χ1) is 7.98. The standard InChI is InChI=1S/C13H7ClF3/c14-10-7-5-9(6-8-10)11-3-1-2-4-12(11)13(15,16)17/h1-2,4-8H. The van der Waals surface area contributed by atoms with Gasteiger partial charge in [-0.25, -0.2) is 0 Å². The summed E-state index contributed by atoms with van der Waals surface area (Å²) in [6, 6.07) is 12.6. The summed E-state index contributed by atoms with van der Waals surface area (Å²) in [6.45, 7) is 0. The molecule has 1 radical (unpaired) electrons. The predicted molar refractivity (Wildman–Crippen MR) is 60.7 cm³/mol. The Kier molecular flexibility index (Phi) is 3.11. The molecule has 2 aromatic rings. The van der Waals surface area contributed by atoms with Gasteiger partial charge in [0.05, 0.1) is 5.56 Å². The maximum atomic E-state index is 12.8. The molecule has 0 amide bonds. The highest BCUT2D eigenvalue weighted by molar-refractivity contribution is 6.30. The van der Waals surface area contributed by atoms with E-state index >= 15 is 0 Å². The van der Waals surface area contributed by atoms with Crippen molar-refractivity contribution in [1.29, 1.82) is 0 Å². The molecule has 2 aromatic carbocycles. The van der Waals surface area contributed by atoms with Crippen LogP contribution in [0.1, 0.15) is 5.56 Å². The van der Waals surface area contributed by atoms with Gasteiger partial charge in [0, 0.05) is 10.6 Å². The maximum Gasteiger partial charge on any atom is 0.417 e. The molecule has 0 nitrogen and oxygen atoms in total. The molecular formula is C13H7ClF3.